The maximum absolute atomic E-state index is 12.8. The number of nitrogens with zero attached hydrogens (tertiary/aromatic N) is 1. The van der Waals surface area contributed by atoms with Crippen molar-refractivity contribution >= 4 is 11.9 Å². The van der Waals surface area contributed by atoms with Crippen LogP contribution in [0.1, 0.15) is 30.5 Å². The van der Waals surface area contributed by atoms with Crippen LogP contribution in [-0.2, 0) is 27.3 Å². The SMILES string of the molecule is CCc1ccc(OCC(=O)N(Cc2ccc(C)cc2)CC(C)C(=O)OC)cc1. The summed E-state index contributed by atoms with van der Waals surface area (Å²) in [4.78, 5) is 26.3. The summed E-state index contributed by atoms with van der Waals surface area (Å²) in [6.45, 7) is 6.47. The Morgan fingerprint density at radius 3 is 2.18 bits per heavy atom. The van der Waals surface area contributed by atoms with Crippen molar-refractivity contribution in [1.29, 1.82) is 0 Å². The van der Waals surface area contributed by atoms with Crippen LogP contribution in [0.5, 0.6) is 5.75 Å². The van der Waals surface area contributed by atoms with Gasteiger partial charge >= 0.3 is 5.97 Å². The van der Waals surface area contributed by atoms with E-state index in [1.807, 2.05) is 55.5 Å². The number of benzene rings is 2. The van der Waals surface area contributed by atoms with E-state index in [-0.39, 0.29) is 25.0 Å². The lowest BCUT2D eigenvalue weighted by atomic mass is 10.1. The van der Waals surface area contributed by atoms with Gasteiger partial charge in [0.1, 0.15) is 5.75 Å². The molecule has 1 atom stereocenters. The predicted molar refractivity (Wildman–Crippen MR) is 109 cm³/mol. The first-order valence-electron chi connectivity index (χ1n) is 9.55. The van der Waals surface area contributed by atoms with Crippen molar-refractivity contribution in [1.82, 2.24) is 4.90 Å². The first-order chi connectivity index (χ1) is 13.4. The van der Waals surface area contributed by atoms with Crippen LogP contribution >= 0.6 is 0 Å². The molecule has 5 heteroatoms. The molecule has 0 aromatic heterocycles. The Kier molecular flexibility index (Phi) is 8.05. The van der Waals surface area contributed by atoms with Gasteiger partial charge in [0, 0.05) is 13.1 Å². The van der Waals surface area contributed by atoms with Crippen molar-refractivity contribution in [2.24, 2.45) is 5.92 Å². The molecule has 150 valence electrons. The Hall–Kier alpha value is -2.82. The number of carbonyl (C=O) groups is 2. The van der Waals surface area contributed by atoms with Crippen LogP contribution in [-0.4, -0.2) is 37.0 Å². The van der Waals surface area contributed by atoms with Gasteiger partial charge in [-0.2, -0.15) is 0 Å². The molecule has 0 bridgehead atoms. The highest BCUT2D eigenvalue weighted by Gasteiger charge is 2.22. The minimum absolute atomic E-state index is 0.0781. The zero-order chi connectivity index (χ0) is 20.5. The second kappa shape index (κ2) is 10.5. The molecule has 2 aromatic rings. The van der Waals surface area contributed by atoms with Crippen molar-refractivity contribution < 1.29 is 19.1 Å². The van der Waals surface area contributed by atoms with Gasteiger partial charge in [-0.1, -0.05) is 55.8 Å². The van der Waals surface area contributed by atoms with E-state index in [9.17, 15) is 9.59 Å². The Labute approximate surface area is 167 Å². The predicted octanol–water partition coefficient (Wildman–Crippen LogP) is 3.77. The molecule has 0 spiro atoms. The van der Waals surface area contributed by atoms with Crippen molar-refractivity contribution in [2.75, 3.05) is 20.3 Å². The summed E-state index contributed by atoms with van der Waals surface area (Å²) in [5, 5.41) is 0. The van der Waals surface area contributed by atoms with E-state index in [0.717, 1.165) is 17.5 Å². The average molecular weight is 383 g/mol. The van der Waals surface area contributed by atoms with Crippen molar-refractivity contribution in [3.05, 3.63) is 65.2 Å². The van der Waals surface area contributed by atoms with Crippen LogP contribution in [0.25, 0.3) is 0 Å². The van der Waals surface area contributed by atoms with E-state index in [4.69, 9.17) is 9.47 Å². The zero-order valence-electron chi connectivity index (χ0n) is 17.1. The Balaban J connectivity index is 2.05. The lowest BCUT2D eigenvalue weighted by Crippen LogP contribution is -2.39. The van der Waals surface area contributed by atoms with E-state index in [1.165, 1.54) is 12.7 Å². The third-order valence-electron chi connectivity index (χ3n) is 4.64. The minimum Gasteiger partial charge on any atom is -0.484 e. The van der Waals surface area contributed by atoms with Crippen LogP contribution in [0.2, 0.25) is 0 Å². The zero-order valence-corrected chi connectivity index (χ0v) is 17.1. The molecule has 0 saturated heterocycles. The summed E-state index contributed by atoms with van der Waals surface area (Å²) in [6, 6.07) is 15.7. The lowest BCUT2D eigenvalue weighted by molar-refractivity contribution is -0.147. The first kappa shape index (κ1) is 21.5. The summed E-state index contributed by atoms with van der Waals surface area (Å²) in [5.41, 5.74) is 3.37. The topological polar surface area (TPSA) is 55.8 Å². The standard InChI is InChI=1S/C23H29NO4/c1-5-19-10-12-21(13-11-19)28-16-22(25)24(14-18(3)23(26)27-4)15-20-8-6-17(2)7-9-20/h6-13,18H,5,14-16H2,1-4H3. The van der Waals surface area contributed by atoms with Gasteiger partial charge in [0.15, 0.2) is 6.61 Å². The number of carbonyl (C=O) groups excluding carboxylic acids is 2. The van der Waals surface area contributed by atoms with Crippen LogP contribution in [0.4, 0.5) is 0 Å². The third kappa shape index (κ3) is 6.41. The molecule has 0 fully saturated rings. The second-order valence-corrected chi connectivity index (χ2v) is 6.97. The van der Waals surface area contributed by atoms with Gasteiger partial charge < -0.3 is 14.4 Å². The summed E-state index contributed by atoms with van der Waals surface area (Å²) < 4.78 is 10.5. The molecule has 1 amide bonds. The molecule has 0 heterocycles. The molecule has 1 unspecified atom stereocenters. The fourth-order valence-electron chi connectivity index (χ4n) is 2.83. The number of rotatable bonds is 9. The van der Waals surface area contributed by atoms with E-state index < -0.39 is 5.92 Å². The largest absolute Gasteiger partial charge is 0.484 e. The fraction of sp³-hybridized carbons (Fsp3) is 0.391. The van der Waals surface area contributed by atoms with Crippen LogP contribution in [0.3, 0.4) is 0 Å². The summed E-state index contributed by atoms with van der Waals surface area (Å²) in [6.07, 6.45) is 0.953. The average Bonchev–Trinajstić information content (AvgIpc) is 2.72. The summed E-state index contributed by atoms with van der Waals surface area (Å²) in [7, 11) is 1.36. The number of hydrogen-bond donors (Lipinski definition) is 0. The van der Waals surface area contributed by atoms with Gasteiger partial charge in [-0.15, -0.1) is 0 Å². The van der Waals surface area contributed by atoms with Crippen molar-refractivity contribution in [3.63, 3.8) is 0 Å². The monoisotopic (exact) mass is 383 g/mol. The Bertz CT molecular complexity index is 768. The molecule has 28 heavy (non-hydrogen) atoms. The molecule has 0 saturated carbocycles. The number of methoxy groups -OCH3 is 1. The Morgan fingerprint density at radius 2 is 1.61 bits per heavy atom. The molecule has 0 radical (unpaired) electrons. The third-order valence-corrected chi connectivity index (χ3v) is 4.64. The molecular formula is C23H29NO4. The lowest BCUT2D eigenvalue weighted by Gasteiger charge is -2.25. The molecule has 5 nitrogen and oxygen atoms in total. The van der Waals surface area contributed by atoms with Gasteiger partial charge in [-0.25, -0.2) is 0 Å². The van der Waals surface area contributed by atoms with Crippen LogP contribution < -0.4 is 4.74 Å². The van der Waals surface area contributed by atoms with Gasteiger partial charge in [0.2, 0.25) is 0 Å². The van der Waals surface area contributed by atoms with Crippen LogP contribution in [0.15, 0.2) is 48.5 Å². The smallest absolute Gasteiger partial charge is 0.310 e. The summed E-state index contributed by atoms with van der Waals surface area (Å²) in [5.74, 6) is -0.265. The molecule has 0 N–H and O–H groups in total. The fourth-order valence-corrected chi connectivity index (χ4v) is 2.83. The van der Waals surface area contributed by atoms with E-state index in [0.29, 0.717) is 12.3 Å². The highest BCUT2D eigenvalue weighted by Crippen LogP contribution is 2.14. The van der Waals surface area contributed by atoms with E-state index >= 15 is 0 Å². The van der Waals surface area contributed by atoms with Gasteiger partial charge in [-0.3, -0.25) is 9.59 Å². The molecular weight excluding hydrogens is 354 g/mol. The van der Waals surface area contributed by atoms with Crippen LogP contribution in [0, 0.1) is 12.8 Å². The van der Waals surface area contributed by atoms with E-state index in [2.05, 4.69) is 6.92 Å². The Morgan fingerprint density at radius 1 is 1.00 bits per heavy atom. The van der Waals surface area contributed by atoms with Crippen molar-refractivity contribution in [3.8, 4) is 5.75 Å². The van der Waals surface area contributed by atoms with Gasteiger partial charge in [0.05, 0.1) is 13.0 Å². The second-order valence-electron chi connectivity index (χ2n) is 6.97. The van der Waals surface area contributed by atoms with Gasteiger partial charge in [-0.05, 0) is 36.6 Å². The number of aryl methyl sites for hydroxylation is 2. The first-order valence-corrected chi connectivity index (χ1v) is 9.55. The molecule has 0 aliphatic carbocycles. The quantitative estimate of drug-likeness (QED) is 0.619. The minimum atomic E-state index is -0.414. The highest BCUT2D eigenvalue weighted by atomic mass is 16.5. The molecule has 2 aromatic carbocycles. The molecule has 0 aliphatic heterocycles. The summed E-state index contributed by atoms with van der Waals surface area (Å²) >= 11 is 0. The normalized spacial score (nSPS) is 11.6. The molecule has 0 aliphatic rings. The molecule has 2 rings (SSSR count). The maximum atomic E-state index is 12.8. The van der Waals surface area contributed by atoms with E-state index in [1.54, 1.807) is 11.8 Å². The van der Waals surface area contributed by atoms with Crippen molar-refractivity contribution in [2.45, 2.75) is 33.7 Å². The number of amides is 1. The highest BCUT2D eigenvalue weighted by molar-refractivity contribution is 5.79. The number of esters is 1. The van der Waals surface area contributed by atoms with Gasteiger partial charge in [0.25, 0.3) is 5.91 Å². The maximum Gasteiger partial charge on any atom is 0.310 e. The number of ether oxygens (including phenoxy) is 2. The number of hydrogen-bond acceptors (Lipinski definition) is 4.